The highest BCUT2D eigenvalue weighted by Gasteiger charge is 2.09. The van der Waals surface area contributed by atoms with Crippen LogP contribution in [0.4, 0.5) is 0 Å². The summed E-state index contributed by atoms with van der Waals surface area (Å²) in [5, 5.41) is 8.79. The van der Waals surface area contributed by atoms with Crippen LogP contribution in [0.1, 0.15) is 31.0 Å². The second kappa shape index (κ2) is 3.75. The van der Waals surface area contributed by atoms with Crippen LogP contribution in [-0.4, -0.2) is 4.98 Å². The van der Waals surface area contributed by atoms with Crippen molar-refractivity contribution in [3.8, 4) is 6.07 Å². The molecule has 0 saturated carbocycles. The average Bonchev–Trinajstić information content (AvgIpc) is 2.08. The maximum Gasteiger partial charge on any atom is 0.262 e. The van der Waals surface area contributed by atoms with Crippen molar-refractivity contribution in [3.05, 3.63) is 32.2 Å². The Bertz CT molecular complexity index is 415. The quantitative estimate of drug-likeness (QED) is 0.818. The lowest BCUT2D eigenvalue weighted by atomic mass is 10.1. The van der Waals surface area contributed by atoms with Gasteiger partial charge in [0.1, 0.15) is 6.07 Å². The zero-order chi connectivity index (χ0) is 10.0. The predicted molar refractivity (Wildman–Crippen MR) is 53.6 cm³/mol. The lowest BCUT2D eigenvalue weighted by Crippen LogP contribution is -2.12. The summed E-state index contributed by atoms with van der Waals surface area (Å²) < 4.78 is 0.397. The van der Waals surface area contributed by atoms with E-state index < -0.39 is 0 Å². The summed E-state index contributed by atoms with van der Waals surface area (Å²) in [6.45, 7) is 3.86. The maximum absolute atomic E-state index is 11.2. The minimum atomic E-state index is -0.192. The van der Waals surface area contributed by atoms with Gasteiger partial charge >= 0.3 is 0 Å². The van der Waals surface area contributed by atoms with Crippen molar-refractivity contribution in [1.82, 2.24) is 4.98 Å². The SMILES string of the molecule is CC(C)c1[nH]c(=O)c(Br)cc1C#N. The van der Waals surface area contributed by atoms with E-state index in [-0.39, 0.29) is 11.5 Å². The second-order valence-electron chi connectivity index (χ2n) is 3.04. The van der Waals surface area contributed by atoms with Crippen LogP contribution in [-0.2, 0) is 0 Å². The van der Waals surface area contributed by atoms with Crippen LogP contribution in [0.3, 0.4) is 0 Å². The van der Waals surface area contributed by atoms with Crippen molar-refractivity contribution in [2.24, 2.45) is 0 Å². The number of hydrogen-bond acceptors (Lipinski definition) is 2. The fraction of sp³-hybridized carbons (Fsp3) is 0.333. The lowest BCUT2D eigenvalue weighted by Gasteiger charge is -2.06. The molecule has 0 aliphatic heterocycles. The van der Waals surface area contributed by atoms with Crippen LogP contribution < -0.4 is 5.56 Å². The molecule has 68 valence electrons. The minimum Gasteiger partial charge on any atom is -0.324 e. The Morgan fingerprint density at radius 2 is 2.23 bits per heavy atom. The smallest absolute Gasteiger partial charge is 0.262 e. The predicted octanol–water partition coefficient (Wildman–Crippen LogP) is 2.13. The molecule has 0 atom stereocenters. The number of rotatable bonds is 1. The molecule has 0 radical (unpaired) electrons. The fourth-order valence-corrected chi connectivity index (χ4v) is 1.40. The van der Waals surface area contributed by atoms with E-state index in [0.29, 0.717) is 15.7 Å². The molecule has 1 aromatic rings. The average molecular weight is 241 g/mol. The van der Waals surface area contributed by atoms with Gasteiger partial charge in [0.15, 0.2) is 0 Å². The van der Waals surface area contributed by atoms with E-state index in [0.717, 1.165) is 0 Å². The largest absolute Gasteiger partial charge is 0.324 e. The molecule has 0 unspecified atom stereocenters. The fourth-order valence-electron chi connectivity index (χ4n) is 1.07. The first-order valence-corrected chi connectivity index (χ1v) is 4.68. The van der Waals surface area contributed by atoms with Crippen LogP contribution in [0.15, 0.2) is 15.3 Å². The van der Waals surface area contributed by atoms with Crippen LogP contribution in [0.25, 0.3) is 0 Å². The number of aromatic nitrogens is 1. The Labute approximate surface area is 84.5 Å². The van der Waals surface area contributed by atoms with Gasteiger partial charge in [-0.1, -0.05) is 13.8 Å². The molecule has 1 rings (SSSR count). The molecule has 13 heavy (non-hydrogen) atoms. The first kappa shape index (κ1) is 10.0. The third-order valence-electron chi connectivity index (χ3n) is 1.72. The van der Waals surface area contributed by atoms with Crippen LogP contribution in [0, 0.1) is 11.3 Å². The number of nitrogens with one attached hydrogen (secondary N) is 1. The lowest BCUT2D eigenvalue weighted by molar-refractivity contribution is 0.809. The molecule has 0 saturated heterocycles. The number of nitrogens with zero attached hydrogens (tertiary/aromatic N) is 1. The van der Waals surface area contributed by atoms with Gasteiger partial charge in [0, 0.05) is 5.69 Å². The normalized spacial score (nSPS) is 10.1. The highest BCUT2D eigenvalue weighted by Crippen LogP contribution is 2.16. The molecule has 1 heterocycles. The standard InChI is InChI=1S/C9H9BrN2O/c1-5(2)8-6(4-11)3-7(10)9(13)12-8/h3,5H,1-2H3,(H,12,13). The third kappa shape index (κ3) is 1.99. The van der Waals surface area contributed by atoms with Crippen molar-refractivity contribution in [2.45, 2.75) is 19.8 Å². The molecular weight excluding hydrogens is 232 g/mol. The summed E-state index contributed by atoms with van der Waals surface area (Å²) >= 11 is 3.08. The van der Waals surface area contributed by atoms with Crippen molar-refractivity contribution in [3.63, 3.8) is 0 Å². The molecule has 0 aliphatic rings. The summed E-state index contributed by atoms with van der Waals surface area (Å²) in [6, 6.07) is 3.59. The van der Waals surface area contributed by atoms with Crippen LogP contribution in [0.5, 0.6) is 0 Å². The van der Waals surface area contributed by atoms with E-state index in [1.54, 1.807) is 6.07 Å². The summed E-state index contributed by atoms with van der Waals surface area (Å²) in [6.07, 6.45) is 0. The first-order valence-electron chi connectivity index (χ1n) is 3.89. The second-order valence-corrected chi connectivity index (χ2v) is 3.89. The number of nitriles is 1. The van der Waals surface area contributed by atoms with E-state index >= 15 is 0 Å². The van der Waals surface area contributed by atoms with Crippen LogP contribution in [0.2, 0.25) is 0 Å². The highest BCUT2D eigenvalue weighted by molar-refractivity contribution is 9.10. The van der Waals surface area contributed by atoms with Gasteiger partial charge in [0.2, 0.25) is 0 Å². The molecule has 4 heteroatoms. The monoisotopic (exact) mass is 240 g/mol. The Kier molecular flexibility index (Phi) is 2.89. The summed E-state index contributed by atoms with van der Waals surface area (Å²) in [4.78, 5) is 13.9. The van der Waals surface area contributed by atoms with Gasteiger partial charge in [-0.2, -0.15) is 5.26 Å². The highest BCUT2D eigenvalue weighted by atomic mass is 79.9. The molecule has 1 N–H and O–H groups in total. The van der Waals surface area contributed by atoms with Crippen molar-refractivity contribution in [2.75, 3.05) is 0 Å². The molecule has 0 amide bonds. The zero-order valence-electron chi connectivity index (χ0n) is 7.39. The number of aromatic amines is 1. The Balaban J connectivity index is 3.44. The first-order chi connectivity index (χ1) is 6.06. The van der Waals surface area contributed by atoms with Crippen molar-refractivity contribution < 1.29 is 0 Å². The van der Waals surface area contributed by atoms with Crippen LogP contribution >= 0.6 is 15.9 Å². The van der Waals surface area contributed by atoms with E-state index in [2.05, 4.69) is 20.9 Å². The van der Waals surface area contributed by atoms with Gasteiger partial charge in [-0.25, -0.2) is 0 Å². The zero-order valence-corrected chi connectivity index (χ0v) is 8.97. The van der Waals surface area contributed by atoms with Gasteiger partial charge in [0.05, 0.1) is 10.0 Å². The molecule has 0 spiro atoms. The number of H-pyrrole nitrogens is 1. The van der Waals surface area contributed by atoms with Gasteiger partial charge < -0.3 is 4.98 Å². The summed E-state index contributed by atoms with van der Waals surface area (Å²) in [5.74, 6) is 0.149. The molecule has 1 aromatic heterocycles. The Morgan fingerprint density at radius 1 is 1.62 bits per heavy atom. The van der Waals surface area contributed by atoms with Gasteiger partial charge in [-0.3, -0.25) is 4.79 Å². The van der Waals surface area contributed by atoms with E-state index in [9.17, 15) is 4.79 Å². The van der Waals surface area contributed by atoms with Gasteiger partial charge in [0.25, 0.3) is 5.56 Å². The Morgan fingerprint density at radius 3 is 2.69 bits per heavy atom. The molecule has 3 nitrogen and oxygen atoms in total. The number of halogens is 1. The molecule has 0 aromatic carbocycles. The molecule has 0 bridgehead atoms. The van der Waals surface area contributed by atoms with E-state index in [4.69, 9.17) is 5.26 Å². The number of pyridine rings is 1. The topological polar surface area (TPSA) is 56.6 Å². The van der Waals surface area contributed by atoms with E-state index in [1.165, 1.54) is 0 Å². The van der Waals surface area contributed by atoms with Gasteiger partial charge in [-0.15, -0.1) is 0 Å². The van der Waals surface area contributed by atoms with Gasteiger partial charge in [-0.05, 0) is 27.9 Å². The third-order valence-corrected chi connectivity index (χ3v) is 2.31. The molecular formula is C9H9BrN2O. The van der Waals surface area contributed by atoms with Crippen molar-refractivity contribution >= 4 is 15.9 Å². The summed E-state index contributed by atoms with van der Waals surface area (Å²) in [5.41, 5.74) is 1.01. The molecule has 0 aliphatic carbocycles. The van der Waals surface area contributed by atoms with Crippen molar-refractivity contribution in [1.29, 1.82) is 5.26 Å². The molecule has 0 fully saturated rings. The van der Waals surface area contributed by atoms with E-state index in [1.807, 2.05) is 19.9 Å². The summed E-state index contributed by atoms with van der Waals surface area (Å²) in [7, 11) is 0. The minimum absolute atomic E-state index is 0.149. The Hall–Kier alpha value is -1.08. The maximum atomic E-state index is 11.2. The number of hydrogen-bond donors (Lipinski definition) is 1.